The molecule has 0 fully saturated rings. The van der Waals surface area contributed by atoms with Crippen molar-refractivity contribution in [1.29, 1.82) is 0 Å². The quantitative estimate of drug-likeness (QED) is 0.155. The number of carbonyl (C=O) groups is 4. The highest BCUT2D eigenvalue weighted by Gasteiger charge is 2.07. The Morgan fingerprint density at radius 3 is 1.94 bits per heavy atom. The molecule has 2 N–H and O–H groups in total. The minimum Gasteiger partial charge on any atom is -0.465 e. The van der Waals surface area contributed by atoms with Crippen LogP contribution in [0.3, 0.4) is 0 Å². The number of ether oxygens (including phenoxy) is 4. The van der Waals surface area contributed by atoms with Gasteiger partial charge < -0.3 is 29.6 Å². The number of nitrogens with one attached hydrogen (secondary N) is 2. The van der Waals surface area contributed by atoms with E-state index in [0.29, 0.717) is 25.0 Å². The molecule has 0 spiro atoms. The van der Waals surface area contributed by atoms with Crippen molar-refractivity contribution in [2.24, 2.45) is 0 Å². The predicted molar refractivity (Wildman–Crippen MR) is 128 cm³/mol. The molecule has 0 atom stereocenters. The maximum atomic E-state index is 11.8. The van der Waals surface area contributed by atoms with Gasteiger partial charge in [0.2, 0.25) is 0 Å². The Hall–Kier alpha value is -3.66. The molecular formula is C25H34N2O8. The van der Waals surface area contributed by atoms with Gasteiger partial charge in [-0.15, -0.1) is 0 Å². The molecular weight excluding hydrogens is 456 g/mol. The number of esters is 3. The van der Waals surface area contributed by atoms with Gasteiger partial charge in [0, 0.05) is 24.2 Å². The van der Waals surface area contributed by atoms with Crippen molar-refractivity contribution in [3.63, 3.8) is 0 Å². The molecule has 0 aliphatic rings. The Kier molecular flexibility index (Phi) is 14.2. The van der Waals surface area contributed by atoms with Gasteiger partial charge in [0.05, 0.1) is 19.8 Å². The highest BCUT2D eigenvalue weighted by molar-refractivity contribution is 5.87. The highest BCUT2D eigenvalue weighted by atomic mass is 16.6. The van der Waals surface area contributed by atoms with E-state index in [-0.39, 0.29) is 51.1 Å². The number of carbonyl (C=O) groups excluding carboxylic acids is 4. The Labute approximate surface area is 205 Å². The average molecular weight is 491 g/mol. The predicted octanol–water partition coefficient (Wildman–Crippen LogP) is 2.56. The van der Waals surface area contributed by atoms with Gasteiger partial charge in [0.25, 0.3) is 0 Å². The summed E-state index contributed by atoms with van der Waals surface area (Å²) in [5.74, 6) is -1.34. The van der Waals surface area contributed by atoms with Crippen LogP contribution in [0.1, 0.15) is 37.8 Å². The van der Waals surface area contributed by atoms with Gasteiger partial charge in [-0.3, -0.25) is 4.79 Å². The first-order chi connectivity index (χ1) is 16.7. The van der Waals surface area contributed by atoms with Crippen LogP contribution in [0, 0.1) is 0 Å². The summed E-state index contributed by atoms with van der Waals surface area (Å²) in [6, 6.07) is 7.47. The largest absolute Gasteiger partial charge is 0.465 e. The molecule has 0 saturated carbocycles. The molecule has 0 unspecified atom stereocenters. The molecule has 0 aliphatic carbocycles. The monoisotopic (exact) mass is 490 g/mol. The molecule has 35 heavy (non-hydrogen) atoms. The molecule has 0 bridgehead atoms. The second kappa shape index (κ2) is 16.9. The third-order valence-corrected chi connectivity index (χ3v) is 4.31. The van der Waals surface area contributed by atoms with Crippen LogP contribution in [-0.2, 0) is 46.4 Å². The summed E-state index contributed by atoms with van der Waals surface area (Å²) in [4.78, 5) is 46.0. The molecule has 0 aromatic heterocycles. The number of alkyl carbamates (subject to hydrolysis) is 1. The fourth-order valence-electron chi connectivity index (χ4n) is 2.50. The summed E-state index contributed by atoms with van der Waals surface area (Å²) in [5.41, 5.74) is 2.40. The first kappa shape index (κ1) is 29.4. The van der Waals surface area contributed by atoms with Crippen molar-refractivity contribution in [2.45, 2.75) is 39.8 Å². The summed E-state index contributed by atoms with van der Waals surface area (Å²) in [6.07, 6.45) is 0.555. The normalized spacial score (nSPS) is 10.1. The fraction of sp³-hybridized carbons (Fsp3) is 0.440. The lowest BCUT2D eigenvalue weighted by Crippen LogP contribution is -2.26. The molecule has 0 saturated heterocycles. The van der Waals surface area contributed by atoms with Crippen LogP contribution >= 0.6 is 0 Å². The fourth-order valence-corrected chi connectivity index (χ4v) is 2.50. The van der Waals surface area contributed by atoms with E-state index in [4.69, 9.17) is 18.9 Å². The molecule has 0 aliphatic heterocycles. The number of hydrogen-bond donors (Lipinski definition) is 2. The summed E-state index contributed by atoms with van der Waals surface area (Å²) in [6.45, 7) is 11.2. The SMILES string of the molecule is C=C(C)C(=O)OCCCCOC(=O)CNCc1cccc(CNC(=O)OCCOC(=O)C(=C)C)c1. The van der Waals surface area contributed by atoms with Crippen LogP contribution in [0.15, 0.2) is 48.6 Å². The van der Waals surface area contributed by atoms with Gasteiger partial charge >= 0.3 is 24.0 Å². The highest BCUT2D eigenvalue weighted by Crippen LogP contribution is 2.05. The van der Waals surface area contributed by atoms with E-state index < -0.39 is 18.0 Å². The molecule has 0 radical (unpaired) electrons. The van der Waals surface area contributed by atoms with Gasteiger partial charge in [-0.1, -0.05) is 37.4 Å². The Morgan fingerprint density at radius 1 is 0.771 bits per heavy atom. The lowest BCUT2D eigenvalue weighted by Gasteiger charge is -2.10. The Bertz CT molecular complexity index is 897. The van der Waals surface area contributed by atoms with E-state index in [9.17, 15) is 19.2 Å². The molecule has 1 rings (SSSR count). The summed E-state index contributed by atoms with van der Waals surface area (Å²) >= 11 is 0. The first-order valence-electron chi connectivity index (χ1n) is 11.2. The van der Waals surface area contributed by atoms with Gasteiger partial charge in [-0.25, -0.2) is 14.4 Å². The van der Waals surface area contributed by atoms with E-state index in [1.54, 1.807) is 6.92 Å². The molecule has 1 amide bonds. The minimum atomic E-state index is -0.628. The van der Waals surface area contributed by atoms with E-state index in [2.05, 4.69) is 23.8 Å². The molecule has 1 aromatic rings. The van der Waals surface area contributed by atoms with Crippen LogP contribution in [0.4, 0.5) is 4.79 Å². The van der Waals surface area contributed by atoms with Crippen molar-refractivity contribution in [1.82, 2.24) is 10.6 Å². The average Bonchev–Trinajstić information content (AvgIpc) is 2.82. The van der Waals surface area contributed by atoms with E-state index in [1.165, 1.54) is 6.92 Å². The zero-order valence-corrected chi connectivity index (χ0v) is 20.4. The van der Waals surface area contributed by atoms with Crippen LogP contribution in [-0.4, -0.2) is 57.0 Å². The van der Waals surface area contributed by atoms with Crippen molar-refractivity contribution in [3.05, 3.63) is 59.7 Å². The lowest BCUT2D eigenvalue weighted by atomic mass is 10.1. The van der Waals surface area contributed by atoms with E-state index in [0.717, 1.165) is 11.1 Å². The third kappa shape index (κ3) is 14.3. The standard InChI is InChI=1S/C25H34N2O8/c1-18(2)23(29)33-11-6-5-10-32-22(28)17-26-15-20-8-7-9-21(14-20)16-27-25(31)35-13-12-34-24(30)19(3)4/h7-9,14,26H,1,3,5-6,10-13,15-17H2,2,4H3,(H,27,31). The number of benzene rings is 1. The van der Waals surface area contributed by atoms with Crippen molar-refractivity contribution in [3.8, 4) is 0 Å². The number of unbranched alkanes of at least 4 members (excludes halogenated alkanes) is 1. The van der Waals surface area contributed by atoms with E-state index in [1.807, 2.05) is 24.3 Å². The lowest BCUT2D eigenvalue weighted by molar-refractivity contribution is -0.143. The number of rotatable bonds is 16. The van der Waals surface area contributed by atoms with Gasteiger partial charge in [-0.2, -0.15) is 0 Å². The van der Waals surface area contributed by atoms with Gasteiger partial charge in [-0.05, 0) is 37.8 Å². The summed E-state index contributed by atoms with van der Waals surface area (Å²) in [7, 11) is 0. The van der Waals surface area contributed by atoms with Gasteiger partial charge in [0.15, 0.2) is 0 Å². The van der Waals surface area contributed by atoms with Crippen molar-refractivity contribution < 1.29 is 38.1 Å². The van der Waals surface area contributed by atoms with Crippen molar-refractivity contribution >= 4 is 24.0 Å². The second-order valence-corrected chi connectivity index (χ2v) is 7.67. The smallest absolute Gasteiger partial charge is 0.407 e. The third-order valence-electron chi connectivity index (χ3n) is 4.31. The molecule has 10 heteroatoms. The molecule has 192 valence electrons. The maximum Gasteiger partial charge on any atom is 0.407 e. The summed E-state index contributed by atoms with van der Waals surface area (Å²) in [5, 5.41) is 5.63. The topological polar surface area (TPSA) is 129 Å². The van der Waals surface area contributed by atoms with Crippen LogP contribution in [0.25, 0.3) is 0 Å². The molecule has 10 nitrogen and oxygen atoms in total. The zero-order chi connectivity index (χ0) is 26.1. The summed E-state index contributed by atoms with van der Waals surface area (Å²) < 4.78 is 19.9. The maximum absolute atomic E-state index is 11.8. The second-order valence-electron chi connectivity index (χ2n) is 7.67. The number of hydrogen-bond acceptors (Lipinski definition) is 9. The van der Waals surface area contributed by atoms with Crippen LogP contribution in [0.2, 0.25) is 0 Å². The number of amides is 1. The Balaban J connectivity index is 2.18. The van der Waals surface area contributed by atoms with Crippen LogP contribution in [0.5, 0.6) is 0 Å². The van der Waals surface area contributed by atoms with E-state index >= 15 is 0 Å². The first-order valence-corrected chi connectivity index (χ1v) is 11.2. The van der Waals surface area contributed by atoms with Crippen molar-refractivity contribution in [2.75, 3.05) is 33.0 Å². The molecule has 1 aromatic carbocycles. The zero-order valence-electron chi connectivity index (χ0n) is 20.4. The Morgan fingerprint density at radius 2 is 1.31 bits per heavy atom. The minimum absolute atomic E-state index is 0.0480. The molecule has 0 heterocycles. The van der Waals surface area contributed by atoms with Gasteiger partial charge in [0.1, 0.15) is 13.2 Å². The van der Waals surface area contributed by atoms with Crippen LogP contribution < -0.4 is 10.6 Å².